The standard InChI is InChI=1S/C15H17N3/c1-9-14(16)15(18-10(2)17-9)13-7-6-11-4-3-5-12(11)8-13/h6-8H,3-5,16H2,1-2H3. The third kappa shape index (κ3) is 1.76. The van der Waals surface area contributed by atoms with Crippen molar-refractivity contribution in [1.29, 1.82) is 0 Å². The van der Waals surface area contributed by atoms with E-state index in [1.807, 2.05) is 13.8 Å². The predicted octanol–water partition coefficient (Wildman–Crippen LogP) is 2.83. The van der Waals surface area contributed by atoms with E-state index in [2.05, 4.69) is 28.2 Å². The first-order valence-electron chi connectivity index (χ1n) is 6.38. The summed E-state index contributed by atoms with van der Waals surface area (Å²) in [6.07, 6.45) is 3.63. The number of hydrogen-bond acceptors (Lipinski definition) is 3. The van der Waals surface area contributed by atoms with Crippen LogP contribution in [0.25, 0.3) is 11.3 Å². The molecule has 1 aliphatic carbocycles. The Morgan fingerprint density at radius 2 is 1.83 bits per heavy atom. The Morgan fingerprint density at radius 3 is 2.67 bits per heavy atom. The minimum absolute atomic E-state index is 0.693. The molecule has 3 nitrogen and oxygen atoms in total. The first-order chi connectivity index (χ1) is 8.65. The van der Waals surface area contributed by atoms with E-state index in [1.54, 1.807) is 0 Å². The molecule has 18 heavy (non-hydrogen) atoms. The molecule has 92 valence electrons. The van der Waals surface area contributed by atoms with Gasteiger partial charge in [0.25, 0.3) is 0 Å². The van der Waals surface area contributed by atoms with Crippen LogP contribution in [0, 0.1) is 13.8 Å². The topological polar surface area (TPSA) is 51.8 Å². The van der Waals surface area contributed by atoms with Crippen LogP contribution >= 0.6 is 0 Å². The number of nitrogens with two attached hydrogens (primary N) is 1. The van der Waals surface area contributed by atoms with E-state index in [0.29, 0.717) is 5.69 Å². The summed E-state index contributed by atoms with van der Waals surface area (Å²) < 4.78 is 0. The summed E-state index contributed by atoms with van der Waals surface area (Å²) >= 11 is 0. The van der Waals surface area contributed by atoms with Crippen LogP contribution in [-0.4, -0.2) is 9.97 Å². The molecule has 0 bridgehead atoms. The zero-order valence-corrected chi connectivity index (χ0v) is 10.8. The van der Waals surface area contributed by atoms with Gasteiger partial charge in [0.2, 0.25) is 0 Å². The third-order valence-corrected chi connectivity index (χ3v) is 3.62. The molecule has 0 amide bonds. The average Bonchev–Trinajstić information content (AvgIpc) is 2.80. The molecule has 0 fully saturated rings. The van der Waals surface area contributed by atoms with E-state index in [0.717, 1.165) is 22.8 Å². The molecule has 3 rings (SSSR count). The monoisotopic (exact) mass is 239 g/mol. The summed E-state index contributed by atoms with van der Waals surface area (Å²) in [5.41, 5.74) is 12.6. The molecule has 3 heteroatoms. The Balaban J connectivity index is 2.15. The Hall–Kier alpha value is -1.90. The van der Waals surface area contributed by atoms with Crippen LogP contribution in [-0.2, 0) is 12.8 Å². The number of rotatable bonds is 1. The van der Waals surface area contributed by atoms with Gasteiger partial charge < -0.3 is 5.73 Å². The number of benzene rings is 1. The van der Waals surface area contributed by atoms with Crippen LogP contribution < -0.4 is 5.73 Å². The molecule has 0 unspecified atom stereocenters. The fourth-order valence-electron chi connectivity index (χ4n) is 2.66. The maximum absolute atomic E-state index is 6.10. The number of anilines is 1. The average molecular weight is 239 g/mol. The molecule has 1 aromatic heterocycles. The highest BCUT2D eigenvalue weighted by atomic mass is 14.9. The molecule has 1 aliphatic rings. The number of aryl methyl sites for hydroxylation is 4. The first kappa shape index (κ1) is 11.2. The van der Waals surface area contributed by atoms with Crippen LogP contribution in [0.15, 0.2) is 18.2 Å². The highest BCUT2D eigenvalue weighted by Gasteiger charge is 2.14. The lowest BCUT2D eigenvalue weighted by molar-refractivity contribution is 0.912. The first-order valence-corrected chi connectivity index (χ1v) is 6.38. The number of aromatic nitrogens is 2. The Kier molecular flexibility index (Phi) is 2.54. The van der Waals surface area contributed by atoms with E-state index in [9.17, 15) is 0 Å². The molecule has 1 heterocycles. The smallest absolute Gasteiger partial charge is 0.126 e. The molecule has 0 aliphatic heterocycles. The van der Waals surface area contributed by atoms with Crippen LogP contribution in [0.4, 0.5) is 5.69 Å². The highest BCUT2D eigenvalue weighted by Crippen LogP contribution is 2.30. The Labute approximate surface area is 107 Å². The summed E-state index contributed by atoms with van der Waals surface area (Å²) in [6.45, 7) is 3.84. The van der Waals surface area contributed by atoms with Gasteiger partial charge in [-0.15, -0.1) is 0 Å². The van der Waals surface area contributed by atoms with E-state index in [4.69, 9.17) is 5.73 Å². The lowest BCUT2D eigenvalue weighted by atomic mass is 10.0. The van der Waals surface area contributed by atoms with E-state index >= 15 is 0 Å². The van der Waals surface area contributed by atoms with Crippen molar-refractivity contribution in [3.8, 4) is 11.3 Å². The van der Waals surface area contributed by atoms with E-state index < -0.39 is 0 Å². The molecule has 0 radical (unpaired) electrons. The fraction of sp³-hybridized carbons (Fsp3) is 0.333. The largest absolute Gasteiger partial charge is 0.395 e. The van der Waals surface area contributed by atoms with Gasteiger partial charge >= 0.3 is 0 Å². The predicted molar refractivity (Wildman–Crippen MR) is 73.4 cm³/mol. The summed E-state index contributed by atoms with van der Waals surface area (Å²) in [5.74, 6) is 0.775. The van der Waals surface area contributed by atoms with Crippen LogP contribution in [0.1, 0.15) is 29.1 Å². The number of fused-ring (bicyclic) bond motifs is 1. The molecule has 2 N–H and O–H groups in total. The molecule has 0 saturated heterocycles. The van der Waals surface area contributed by atoms with Crippen molar-refractivity contribution < 1.29 is 0 Å². The maximum atomic E-state index is 6.10. The van der Waals surface area contributed by atoms with Crippen molar-refractivity contribution in [2.75, 3.05) is 5.73 Å². The highest BCUT2D eigenvalue weighted by molar-refractivity contribution is 5.74. The second-order valence-corrected chi connectivity index (χ2v) is 4.96. The molecular weight excluding hydrogens is 222 g/mol. The second kappa shape index (κ2) is 4.09. The summed E-state index contributed by atoms with van der Waals surface area (Å²) in [5, 5.41) is 0. The zero-order chi connectivity index (χ0) is 12.7. The third-order valence-electron chi connectivity index (χ3n) is 3.62. The molecule has 2 aromatic rings. The second-order valence-electron chi connectivity index (χ2n) is 4.96. The molecule has 0 saturated carbocycles. The van der Waals surface area contributed by atoms with E-state index in [1.165, 1.54) is 30.4 Å². The SMILES string of the molecule is Cc1nc(C)c(N)c(-c2ccc3c(c2)CCC3)n1. The number of hydrogen-bond donors (Lipinski definition) is 1. The van der Waals surface area contributed by atoms with Crippen molar-refractivity contribution in [2.45, 2.75) is 33.1 Å². The number of nitrogen functional groups attached to an aromatic ring is 1. The maximum Gasteiger partial charge on any atom is 0.126 e. The minimum atomic E-state index is 0.693. The van der Waals surface area contributed by atoms with Crippen molar-refractivity contribution in [1.82, 2.24) is 9.97 Å². The van der Waals surface area contributed by atoms with Gasteiger partial charge in [-0.05, 0) is 50.3 Å². The lowest BCUT2D eigenvalue weighted by Crippen LogP contribution is -2.02. The van der Waals surface area contributed by atoms with Crippen molar-refractivity contribution >= 4 is 5.69 Å². The van der Waals surface area contributed by atoms with Crippen LogP contribution in [0.2, 0.25) is 0 Å². The lowest BCUT2D eigenvalue weighted by Gasteiger charge is -2.10. The normalized spacial score (nSPS) is 13.7. The van der Waals surface area contributed by atoms with Gasteiger partial charge in [-0.25, -0.2) is 9.97 Å². The minimum Gasteiger partial charge on any atom is -0.395 e. The van der Waals surface area contributed by atoms with Crippen molar-refractivity contribution in [3.05, 3.63) is 40.8 Å². The van der Waals surface area contributed by atoms with Gasteiger partial charge in [0.05, 0.1) is 17.1 Å². The molecule has 0 atom stereocenters. The van der Waals surface area contributed by atoms with Gasteiger partial charge in [-0.3, -0.25) is 0 Å². The zero-order valence-electron chi connectivity index (χ0n) is 10.8. The molecule has 0 spiro atoms. The van der Waals surface area contributed by atoms with Gasteiger partial charge in [0, 0.05) is 5.56 Å². The summed E-state index contributed by atoms with van der Waals surface area (Å²) in [7, 11) is 0. The Morgan fingerprint density at radius 1 is 1.06 bits per heavy atom. The summed E-state index contributed by atoms with van der Waals surface area (Å²) in [6, 6.07) is 6.57. The summed E-state index contributed by atoms with van der Waals surface area (Å²) in [4.78, 5) is 8.79. The van der Waals surface area contributed by atoms with Gasteiger partial charge in [-0.2, -0.15) is 0 Å². The quantitative estimate of drug-likeness (QED) is 0.832. The fourth-order valence-corrected chi connectivity index (χ4v) is 2.66. The van der Waals surface area contributed by atoms with Gasteiger partial charge in [0.15, 0.2) is 0 Å². The van der Waals surface area contributed by atoms with E-state index in [-0.39, 0.29) is 0 Å². The van der Waals surface area contributed by atoms with Crippen molar-refractivity contribution in [3.63, 3.8) is 0 Å². The van der Waals surface area contributed by atoms with Gasteiger partial charge in [0.1, 0.15) is 5.82 Å². The molecular formula is C15H17N3. The van der Waals surface area contributed by atoms with Crippen LogP contribution in [0.3, 0.4) is 0 Å². The number of nitrogens with zero attached hydrogens (tertiary/aromatic N) is 2. The molecule has 1 aromatic carbocycles. The van der Waals surface area contributed by atoms with Crippen LogP contribution in [0.5, 0.6) is 0 Å². The Bertz CT molecular complexity index is 617. The van der Waals surface area contributed by atoms with Gasteiger partial charge in [-0.1, -0.05) is 12.1 Å². The van der Waals surface area contributed by atoms with Crippen molar-refractivity contribution in [2.24, 2.45) is 0 Å².